The average Bonchev–Trinajstić information content (AvgIpc) is 2.85. The molecule has 2 aromatic rings. The molecule has 0 aliphatic heterocycles. The molecule has 6 nitrogen and oxygen atoms in total. The van der Waals surface area contributed by atoms with Gasteiger partial charge < -0.3 is 11.1 Å². The number of aryl methyl sites for hydroxylation is 2. The molecule has 0 fully saturated rings. The standard InChI is InChI=1S/C19H30N4O2/c1-5-11-22-15-8-6-7-9-16(15)23(18(22)25)12-10-17(24)21-19(4,13-20)14(2)3/h6-9,14H,5,10-13,20H2,1-4H3,(H,21,24). The van der Waals surface area contributed by atoms with Crippen molar-refractivity contribution in [1.82, 2.24) is 14.5 Å². The lowest BCUT2D eigenvalue weighted by Crippen LogP contribution is -2.55. The zero-order chi connectivity index (χ0) is 18.6. The molecule has 6 heteroatoms. The molecule has 0 spiro atoms. The van der Waals surface area contributed by atoms with E-state index in [4.69, 9.17) is 5.73 Å². The number of carbonyl (C=O) groups excluding carboxylic acids is 1. The Kier molecular flexibility index (Phi) is 6.06. The first-order chi connectivity index (χ1) is 11.8. The van der Waals surface area contributed by atoms with E-state index in [-0.39, 0.29) is 23.9 Å². The number of nitrogens with one attached hydrogen (secondary N) is 1. The molecule has 0 aliphatic rings. The zero-order valence-electron chi connectivity index (χ0n) is 15.7. The van der Waals surface area contributed by atoms with Crippen molar-refractivity contribution in [3.8, 4) is 0 Å². The van der Waals surface area contributed by atoms with Crippen LogP contribution in [-0.2, 0) is 17.9 Å². The van der Waals surface area contributed by atoms with E-state index in [9.17, 15) is 9.59 Å². The Morgan fingerprint density at radius 3 is 2.24 bits per heavy atom. The van der Waals surface area contributed by atoms with Crippen LogP contribution in [0.2, 0.25) is 0 Å². The molecule has 138 valence electrons. The predicted octanol–water partition coefficient (Wildman–Crippen LogP) is 2.09. The SMILES string of the molecule is CCCn1c(=O)n(CCC(=O)NC(C)(CN)C(C)C)c2ccccc21. The number of rotatable bonds is 8. The molecule has 0 radical (unpaired) electrons. The Bertz CT molecular complexity index is 790. The number of hydrogen-bond donors (Lipinski definition) is 2. The predicted molar refractivity (Wildman–Crippen MR) is 102 cm³/mol. The van der Waals surface area contributed by atoms with Gasteiger partial charge in [0.2, 0.25) is 5.91 Å². The van der Waals surface area contributed by atoms with Crippen LogP contribution in [-0.4, -0.2) is 27.1 Å². The van der Waals surface area contributed by atoms with Crippen LogP contribution in [0.3, 0.4) is 0 Å². The summed E-state index contributed by atoms with van der Waals surface area (Å²) in [6.45, 7) is 9.50. The van der Waals surface area contributed by atoms with Crippen molar-refractivity contribution in [2.45, 2.75) is 59.2 Å². The Morgan fingerprint density at radius 1 is 1.20 bits per heavy atom. The maximum Gasteiger partial charge on any atom is 0.329 e. The molecule has 3 N–H and O–H groups in total. The smallest absolute Gasteiger partial charge is 0.329 e. The fraction of sp³-hybridized carbons (Fsp3) is 0.579. The van der Waals surface area contributed by atoms with Gasteiger partial charge in [-0.15, -0.1) is 0 Å². The molecule has 25 heavy (non-hydrogen) atoms. The molecule has 1 unspecified atom stereocenters. The second kappa shape index (κ2) is 7.87. The minimum atomic E-state index is -0.432. The quantitative estimate of drug-likeness (QED) is 0.768. The van der Waals surface area contributed by atoms with Gasteiger partial charge in [0.25, 0.3) is 0 Å². The number of para-hydroxylation sites is 2. The molecule has 1 aromatic carbocycles. The molecule has 1 atom stereocenters. The van der Waals surface area contributed by atoms with Crippen molar-refractivity contribution < 1.29 is 4.79 Å². The molecule has 1 amide bonds. The van der Waals surface area contributed by atoms with E-state index < -0.39 is 5.54 Å². The molecule has 1 heterocycles. The first-order valence-electron chi connectivity index (χ1n) is 9.03. The second-order valence-electron chi connectivity index (χ2n) is 7.15. The lowest BCUT2D eigenvalue weighted by Gasteiger charge is -2.33. The van der Waals surface area contributed by atoms with Gasteiger partial charge in [0, 0.05) is 26.1 Å². The molecule has 2 rings (SSSR count). The van der Waals surface area contributed by atoms with Crippen LogP contribution in [0.25, 0.3) is 11.0 Å². The summed E-state index contributed by atoms with van der Waals surface area (Å²) in [7, 11) is 0. The van der Waals surface area contributed by atoms with E-state index in [1.165, 1.54) is 0 Å². The van der Waals surface area contributed by atoms with Gasteiger partial charge in [0.05, 0.1) is 16.6 Å². The van der Waals surface area contributed by atoms with Crippen LogP contribution < -0.4 is 16.7 Å². The monoisotopic (exact) mass is 346 g/mol. The van der Waals surface area contributed by atoms with Crippen molar-refractivity contribution in [3.63, 3.8) is 0 Å². The van der Waals surface area contributed by atoms with Crippen molar-refractivity contribution in [3.05, 3.63) is 34.7 Å². The maximum absolute atomic E-state index is 12.7. The van der Waals surface area contributed by atoms with Gasteiger partial charge >= 0.3 is 5.69 Å². The van der Waals surface area contributed by atoms with Gasteiger partial charge in [0.15, 0.2) is 0 Å². The molecule has 0 aliphatic carbocycles. The highest BCUT2D eigenvalue weighted by Gasteiger charge is 2.28. The van der Waals surface area contributed by atoms with Gasteiger partial charge in [-0.2, -0.15) is 0 Å². The van der Waals surface area contributed by atoms with Crippen molar-refractivity contribution in [1.29, 1.82) is 0 Å². The number of hydrogen-bond acceptors (Lipinski definition) is 3. The van der Waals surface area contributed by atoms with Crippen molar-refractivity contribution in [2.24, 2.45) is 11.7 Å². The summed E-state index contributed by atoms with van der Waals surface area (Å²) in [5.41, 5.74) is 7.13. The third-order valence-electron chi connectivity index (χ3n) is 5.06. The van der Waals surface area contributed by atoms with Gasteiger partial charge in [-0.3, -0.25) is 13.9 Å². The highest BCUT2D eigenvalue weighted by molar-refractivity contribution is 5.78. The van der Waals surface area contributed by atoms with E-state index in [1.807, 2.05) is 52.0 Å². The average molecular weight is 346 g/mol. The maximum atomic E-state index is 12.7. The number of imidazole rings is 1. The normalized spacial score (nSPS) is 14.0. The molecule has 0 saturated heterocycles. The van der Waals surface area contributed by atoms with E-state index in [1.54, 1.807) is 9.13 Å². The third kappa shape index (κ3) is 3.95. The topological polar surface area (TPSA) is 82.0 Å². The fourth-order valence-corrected chi connectivity index (χ4v) is 2.95. The van der Waals surface area contributed by atoms with Gasteiger partial charge in [-0.05, 0) is 31.4 Å². The van der Waals surface area contributed by atoms with Gasteiger partial charge in [-0.1, -0.05) is 32.9 Å². The number of carbonyl (C=O) groups is 1. The molecular formula is C19H30N4O2. The summed E-state index contributed by atoms with van der Waals surface area (Å²) < 4.78 is 3.48. The van der Waals surface area contributed by atoms with E-state index in [0.29, 0.717) is 19.6 Å². The molecule has 1 aromatic heterocycles. The molecule has 0 saturated carbocycles. The Morgan fingerprint density at radius 2 is 1.76 bits per heavy atom. The van der Waals surface area contributed by atoms with Crippen molar-refractivity contribution in [2.75, 3.05) is 6.54 Å². The number of aromatic nitrogens is 2. The summed E-state index contributed by atoms with van der Waals surface area (Å²) in [6.07, 6.45) is 1.14. The van der Waals surface area contributed by atoms with Crippen molar-refractivity contribution >= 4 is 16.9 Å². The minimum Gasteiger partial charge on any atom is -0.349 e. The summed E-state index contributed by atoms with van der Waals surface area (Å²) in [5.74, 6) is 0.150. The lowest BCUT2D eigenvalue weighted by atomic mass is 9.88. The Balaban J connectivity index is 2.20. The Labute approximate surface area is 149 Å². The zero-order valence-corrected chi connectivity index (χ0v) is 15.7. The van der Waals surface area contributed by atoms with E-state index >= 15 is 0 Å². The lowest BCUT2D eigenvalue weighted by molar-refractivity contribution is -0.123. The summed E-state index contributed by atoms with van der Waals surface area (Å²) >= 11 is 0. The van der Waals surface area contributed by atoms with Gasteiger partial charge in [-0.25, -0.2) is 4.79 Å². The number of amides is 1. The highest BCUT2D eigenvalue weighted by atomic mass is 16.2. The number of nitrogens with zero attached hydrogens (tertiary/aromatic N) is 2. The van der Waals surface area contributed by atoms with Crippen LogP contribution in [0.1, 0.15) is 40.5 Å². The highest BCUT2D eigenvalue weighted by Crippen LogP contribution is 2.16. The van der Waals surface area contributed by atoms with Crippen LogP contribution >= 0.6 is 0 Å². The number of benzene rings is 1. The van der Waals surface area contributed by atoms with Crippen LogP contribution in [0, 0.1) is 5.92 Å². The minimum absolute atomic E-state index is 0.0544. The second-order valence-corrected chi connectivity index (χ2v) is 7.15. The number of nitrogens with two attached hydrogens (primary N) is 1. The summed E-state index contributed by atoms with van der Waals surface area (Å²) in [6, 6.07) is 7.73. The largest absolute Gasteiger partial charge is 0.349 e. The van der Waals surface area contributed by atoms with E-state index in [0.717, 1.165) is 17.5 Å². The first-order valence-corrected chi connectivity index (χ1v) is 9.03. The van der Waals surface area contributed by atoms with Gasteiger partial charge in [0.1, 0.15) is 0 Å². The van der Waals surface area contributed by atoms with Crippen LogP contribution in [0.4, 0.5) is 0 Å². The fourth-order valence-electron chi connectivity index (χ4n) is 2.95. The third-order valence-corrected chi connectivity index (χ3v) is 5.06. The first kappa shape index (κ1) is 19.2. The van der Waals surface area contributed by atoms with E-state index in [2.05, 4.69) is 5.32 Å². The van der Waals surface area contributed by atoms with Crippen LogP contribution in [0.15, 0.2) is 29.1 Å². The van der Waals surface area contributed by atoms with Crippen LogP contribution in [0.5, 0.6) is 0 Å². The Hall–Kier alpha value is -2.08. The summed E-state index contributed by atoms with van der Waals surface area (Å²) in [5, 5.41) is 3.03. The number of fused-ring (bicyclic) bond motifs is 1. The molecule has 0 bridgehead atoms. The molecular weight excluding hydrogens is 316 g/mol. The summed E-state index contributed by atoms with van der Waals surface area (Å²) in [4.78, 5) is 25.1.